The molecule has 0 aromatic carbocycles. The van der Waals surface area contributed by atoms with Gasteiger partial charge < -0.3 is 10.1 Å². The van der Waals surface area contributed by atoms with E-state index in [0.717, 1.165) is 45.3 Å². The molecule has 3 nitrogen and oxygen atoms in total. The quantitative estimate of drug-likeness (QED) is 0.850. The maximum atomic E-state index is 12.8. The highest BCUT2D eigenvalue weighted by atomic mass is 32.2. The fourth-order valence-corrected chi connectivity index (χ4v) is 5.16. The summed E-state index contributed by atoms with van der Waals surface area (Å²) < 4.78 is 6.11. The Labute approximate surface area is 126 Å². The van der Waals surface area contributed by atoms with Crippen LogP contribution in [-0.2, 0) is 9.53 Å². The second kappa shape index (κ2) is 6.80. The second-order valence-electron chi connectivity index (χ2n) is 6.59. The van der Waals surface area contributed by atoms with Gasteiger partial charge in [-0.25, -0.2) is 0 Å². The van der Waals surface area contributed by atoms with Crippen molar-refractivity contribution in [2.75, 3.05) is 24.7 Å². The molecule has 0 bridgehead atoms. The molecule has 3 saturated heterocycles. The van der Waals surface area contributed by atoms with Crippen molar-refractivity contribution < 1.29 is 9.53 Å². The minimum Gasteiger partial charge on any atom is -0.375 e. The molecule has 0 aromatic rings. The highest BCUT2D eigenvalue weighted by Gasteiger charge is 2.42. The summed E-state index contributed by atoms with van der Waals surface area (Å²) in [7, 11) is 0. The Kier molecular flexibility index (Phi) is 5.05. The lowest BCUT2D eigenvalue weighted by atomic mass is 9.78. The number of thioether (sulfide) groups is 1. The van der Waals surface area contributed by atoms with Crippen LogP contribution in [0.3, 0.4) is 0 Å². The van der Waals surface area contributed by atoms with E-state index in [0.29, 0.717) is 5.78 Å². The molecule has 0 saturated carbocycles. The molecule has 0 radical (unpaired) electrons. The van der Waals surface area contributed by atoms with Gasteiger partial charge in [0.05, 0.1) is 11.6 Å². The molecule has 3 heterocycles. The lowest BCUT2D eigenvalue weighted by Crippen LogP contribution is -2.48. The van der Waals surface area contributed by atoms with Crippen LogP contribution in [0.5, 0.6) is 0 Å². The Morgan fingerprint density at radius 3 is 2.85 bits per heavy atom. The lowest BCUT2D eigenvalue weighted by Gasteiger charge is -2.43. The summed E-state index contributed by atoms with van der Waals surface area (Å²) in [6.45, 7) is 1.80. The molecule has 3 aliphatic heterocycles. The van der Waals surface area contributed by atoms with Crippen molar-refractivity contribution in [3.05, 3.63) is 0 Å². The van der Waals surface area contributed by atoms with Gasteiger partial charge in [-0.05, 0) is 56.6 Å². The summed E-state index contributed by atoms with van der Waals surface area (Å²) in [4.78, 5) is 12.8. The second-order valence-corrected chi connectivity index (χ2v) is 7.82. The maximum Gasteiger partial charge on any atom is 0.153 e. The molecule has 2 atom stereocenters. The molecule has 0 aliphatic carbocycles. The first-order valence-electron chi connectivity index (χ1n) is 8.28. The van der Waals surface area contributed by atoms with Crippen LogP contribution in [0.2, 0.25) is 0 Å². The molecule has 4 heteroatoms. The van der Waals surface area contributed by atoms with E-state index >= 15 is 0 Å². The van der Waals surface area contributed by atoms with Gasteiger partial charge in [0, 0.05) is 12.5 Å². The number of carbonyl (C=O) groups excluding carboxylic acids is 1. The van der Waals surface area contributed by atoms with Gasteiger partial charge in [-0.15, -0.1) is 0 Å². The molecule has 20 heavy (non-hydrogen) atoms. The van der Waals surface area contributed by atoms with E-state index in [-0.39, 0.29) is 17.6 Å². The number of ether oxygens (including phenoxy) is 1. The van der Waals surface area contributed by atoms with Gasteiger partial charge in [-0.2, -0.15) is 11.8 Å². The molecular weight excluding hydrogens is 270 g/mol. The number of carbonyl (C=O) groups is 1. The molecule has 1 N–H and O–H groups in total. The monoisotopic (exact) mass is 297 g/mol. The van der Waals surface area contributed by atoms with Crippen LogP contribution in [0.15, 0.2) is 0 Å². The molecule has 3 rings (SSSR count). The summed E-state index contributed by atoms with van der Waals surface area (Å²) in [5.74, 6) is 3.11. The average Bonchev–Trinajstić information content (AvgIpc) is 2.76. The Bertz CT molecular complexity index is 328. The molecular formula is C16H27NO2S. The van der Waals surface area contributed by atoms with Crippen LogP contribution in [-0.4, -0.2) is 42.1 Å². The van der Waals surface area contributed by atoms with E-state index in [1.54, 1.807) is 0 Å². The number of hydrogen-bond acceptors (Lipinski definition) is 4. The van der Waals surface area contributed by atoms with Gasteiger partial charge >= 0.3 is 0 Å². The van der Waals surface area contributed by atoms with Crippen LogP contribution in [0.1, 0.15) is 51.4 Å². The summed E-state index contributed by atoms with van der Waals surface area (Å²) >= 11 is 2.03. The van der Waals surface area contributed by atoms with E-state index in [1.807, 2.05) is 11.8 Å². The highest BCUT2D eigenvalue weighted by molar-refractivity contribution is 7.99. The lowest BCUT2D eigenvalue weighted by molar-refractivity contribution is -0.140. The van der Waals surface area contributed by atoms with Gasteiger partial charge in [-0.1, -0.05) is 12.8 Å². The largest absolute Gasteiger partial charge is 0.375 e. The van der Waals surface area contributed by atoms with Crippen molar-refractivity contribution in [1.82, 2.24) is 5.32 Å². The van der Waals surface area contributed by atoms with Gasteiger partial charge in [-0.3, -0.25) is 4.79 Å². The standard InChI is InChI=1S/C16H27NO2S/c18-15(14-4-2-1-3-8-17-14)13-5-9-19-16(12-13)6-10-20-11-7-16/h13-14,17H,1-12H2. The van der Waals surface area contributed by atoms with Gasteiger partial charge in [0.1, 0.15) is 0 Å². The molecule has 0 amide bonds. The third-order valence-corrected chi connectivity index (χ3v) is 6.19. The van der Waals surface area contributed by atoms with Crippen molar-refractivity contribution in [1.29, 1.82) is 0 Å². The van der Waals surface area contributed by atoms with Crippen LogP contribution in [0, 0.1) is 5.92 Å². The normalized spacial score (nSPS) is 34.6. The van der Waals surface area contributed by atoms with Crippen LogP contribution < -0.4 is 5.32 Å². The predicted molar refractivity (Wildman–Crippen MR) is 83.2 cm³/mol. The van der Waals surface area contributed by atoms with Gasteiger partial charge in [0.25, 0.3) is 0 Å². The van der Waals surface area contributed by atoms with Crippen molar-refractivity contribution in [2.24, 2.45) is 5.92 Å². The highest BCUT2D eigenvalue weighted by Crippen LogP contribution is 2.40. The fourth-order valence-electron chi connectivity index (χ4n) is 3.92. The first kappa shape index (κ1) is 14.9. The summed E-state index contributed by atoms with van der Waals surface area (Å²) in [5.41, 5.74) is 0.0363. The minimum atomic E-state index is 0.0363. The van der Waals surface area contributed by atoms with Crippen molar-refractivity contribution in [3.63, 3.8) is 0 Å². The van der Waals surface area contributed by atoms with E-state index in [1.165, 1.54) is 30.8 Å². The van der Waals surface area contributed by atoms with Crippen LogP contribution in [0.25, 0.3) is 0 Å². The Hall–Kier alpha value is -0.0600. The first-order valence-corrected chi connectivity index (χ1v) is 9.43. The maximum absolute atomic E-state index is 12.8. The number of nitrogens with one attached hydrogen (secondary N) is 1. The average molecular weight is 297 g/mol. The topological polar surface area (TPSA) is 38.3 Å². The fraction of sp³-hybridized carbons (Fsp3) is 0.938. The predicted octanol–water partition coefficient (Wildman–Crippen LogP) is 2.78. The summed E-state index contributed by atoms with van der Waals surface area (Å²) in [6, 6.07) is 0.121. The van der Waals surface area contributed by atoms with E-state index in [2.05, 4.69) is 5.32 Å². The molecule has 1 spiro atoms. The number of Topliss-reactive ketones (excluding diaryl/α,β-unsaturated/α-hetero) is 1. The number of rotatable bonds is 2. The van der Waals surface area contributed by atoms with Crippen molar-refractivity contribution in [3.8, 4) is 0 Å². The zero-order valence-corrected chi connectivity index (χ0v) is 13.2. The first-order chi connectivity index (χ1) is 9.79. The Morgan fingerprint density at radius 2 is 2.00 bits per heavy atom. The van der Waals surface area contributed by atoms with Crippen LogP contribution in [0.4, 0.5) is 0 Å². The summed E-state index contributed by atoms with van der Waals surface area (Å²) in [5, 5.41) is 3.48. The number of ketones is 1. The van der Waals surface area contributed by atoms with E-state index < -0.39 is 0 Å². The van der Waals surface area contributed by atoms with Gasteiger partial charge in [0.15, 0.2) is 5.78 Å². The third kappa shape index (κ3) is 3.40. The zero-order valence-electron chi connectivity index (χ0n) is 12.4. The van der Waals surface area contributed by atoms with E-state index in [4.69, 9.17) is 4.74 Å². The zero-order chi connectivity index (χ0) is 13.8. The molecule has 3 fully saturated rings. The van der Waals surface area contributed by atoms with Crippen LogP contribution >= 0.6 is 11.8 Å². The number of hydrogen-bond donors (Lipinski definition) is 1. The summed E-state index contributed by atoms with van der Waals surface area (Å²) in [6.07, 6.45) is 8.92. The Morgan fingerprint density at radius 1 is 1.15 bits per heavy atom. The van der Waals surface area contributed by atoms with Crippen molar-refractivity contribution in [2.45, 2.75) is 63.0 Å². The molecule has 2 unspecified atom stereocenters. The van der Waals surface area contributed by atoms with Gasteiger partial charge in [0.2, 0.25) is 0 Å². The minimum absolute atomic E-state index is 0.0363. The third-order valence-electron chi connectivity index (χ3n) is 5.20. The molecule has 3 aliphatic rings. The molecule has 0 aromatic heterocycles. The SMILES string of the molecule is O=C(C1CCOC2(CCSCC2)C1)C1CCCCCN1. The smallest absolute Gasteiger partial charge is 0.153 e. The Balaban J connectivity index is 1.62. The van der Waals surface area contributed by atoms with E-state index in [9.17, 15) is 4.79 Å². The molecule has 114 valence electrons. The van der Waals surface area contributed by atoms with Crippen molar-refractivity contribution >= 4 is 17.5 Å².